The minimum absolute atomic E-state index is 0.487. The van der Waals surface area contributed by atoms with Gasteiger partial charge in [-0.25, -0.2) is 4.99 Å². The van der Waals surface area contributed by atoms with Crippen molar-refractivity contribution in [3.8, 4) is 5.75 Å². The summed E-state index contributed by atoms with van der Waals surface area (Å²) in [6, 6.07) is 13.3. The maximum atomic E-state index is 5.95. The Morgan fingerprint density at radius 2 is 1.95 bits per heavy atom. The molecule has 0 aromatic heterocycles. The van der Waals surface area contributed by atoms with Crippen LogP contribution in [-0.2, 0) is 11.3 Å². The van der Waals surface area contributed by atoms with Gasteiger partial charge in [0.25, 0.3) is 0 Å². The van der Waals surface area contributed by atoms with E-state index in [1.807, 2.05) is 42.5 Å². The molecule has 0 amide bonds. The first-order valence-electron chi connectivity index (χ1n) is 5.90. The Hall–Kier alpha value is -2.00. The average molecular weight is 274 g/mol. The Balaban J connectivity index is 1.95. The molecule has 0 N–H and O–H groups in total. The van der Waals surface area contributed by atoms with Gasteiger partial charge in [-0.3, -0.25) is 0 Å². The van der Waals surface area contributed by atoms with E-state index in [1.54, 1.807) is 7.11 Å². The van der Waals surface area contributed by atoms with Gasteiger partial charge in [0.15, 0.2) is 0 Å². The van der Waals surface area contributed by atoms with Gasteiger partial charge in [-0.15, -0.1) is 0 Å². The summed E-state index contributed by atoms with van der Waals surface area (Å²) in [5.74, 6) is 1.44. The molecule has 4 heteroatoms. The zero-order valence-corrected chi connectivity index (χ0v) is 11.1. The summed E-state index contributed by atoms with van der Waals surface area (Å²) in [4.78, 5) is 4.51. The Morgan fingerprint density at radius 1 is 1.16 bits per heavy atom. The summed E-state index contributed by atoms with van der Waals surface area (Å²) in [7, 11) is 1.64. The lowest BCUT2D eigenvalue weighted by Gasteiger charge is -2.17. The fourth-order valence-electron chi connectivity index (χ4n) is 1.95. The number of ether oxygens (including phenoxy) is 2. The van der Waals surface area contributed by atoms with Gasteiger partial charge < -0.3 is 9.47 Å². The molecule has 1 heterocycles. The van der Waals surface area contributed by atoms with E-state index in [-0.39, 0.29) is 0 Å². The summed E-state index contributed by atoms with van der Waals surface area (Å²) in [5.41, 5.74) is 2.84. The standard InChI is InChI=1S/C15H12ClNO2/c1-18-13-5-2-10(3-6-13)15-17-14-7-4-12(16)8-11(14)9-19-15/h2-8H,9H2,1H3. The third-order valence-electron chi connectivity index (χ3n) is 2.96. The van der Waals surface area contributed by atoms with Crippen molar-refractivity contribution >= 4 is 23.2 Å². The third-order valence-corrected chi connectivity index (χ3v) is 3.20. The Bertz CT molecular complexity index is 635. The van der Waals surface area contributed by atoms with Gasteiger partial charge >= 0.3 is 0 Å². The fraction of sp³-hybridized carbons (Fsp3) is 0.133. The highest BCUT2D eigenvalue weighted by molar-refractivity contribution is 6.30. The summed E-state index contributed by atoms with van der Waals surface area (Å²) in [6.07, 6.45) is 0. The minimum Gasteiger partial charge on any atom is -0.497 e. The Morgan fingerprint density at radius 3 is 2.68 bits per heavy atom. The first kappa shape index (κ1) is 12.1. The third kappa shape index (κ3) is 2.42. The highest BCUT2D eigenvalue weighted by atomic mass is 35.5. The molecule has 0 aliphatic carbocycles. The molecule has 0 saturated heterocycles. The summed E-state index contributed by atoms with van der Waals surface area (Å²) in [6.45, 7) is 0.487. The number of fused-ring (bicyclic) bond motifs is 1. The Kier molecular flexibility index (Phi) is 3.13. The van der Waals surface area contributed by atoms with Crippen molar-refractivity contribution in [1.29, 1.82) is 0 Å². The number of nitrogens with zero attached hydrogens (tertiary/aromatic N) is 1. The first-order chi connectivity index (χ1) is 9.26. The number of hydrogen-bond acceptors (Lipinski definition) is 3. The molecule has 0 radical (unpaired) electrons. The van der Waals surface area contributed by atoms with E-state index >= 15 is 0 Å². The van der Waals surface area contributed by atoms with Crippen LogP contribution < -0.4 is 4.74 Å². The van der Waals surface area contributed by atoms with Gasteiger partial charge in [0.05, 0.1) is 12.8 Å². The van der Waals surface area contributed by atoms with Crippen LogP contribution >= 0.6 is 11.6 Å². The second-order valence-electron chi connectivity index (χ2n) is 4.21. The van der Waals surface area contributed by atoms with Crippen molar-refractivity contribution < 1.29 is 9.47 Å². The summed E-state index contributed by atoms with van der Waals surface area (Å²) in [5, 5.41) is 0.699. The van der Waals surface area contributed by atoms with Crippen molar-refractivity contribution in [1.82, 2.24) is 0 Å². The highest BCUT2D eigenvalue weighted by Crippen LogP contribution is 2.29. The molecule has 0 unspecified atom stereocenters. The average Bonchev–Trinajstić information content (AvgIpc) is 2.47. The fourth-order valence-corrected chi connectivity index (χ4v) is 2.14. The smallest absolute Gasteiger partial charge is 0.221 e. The molecule has 0 spiro atoms. The van der Waals surface area contributed by atoms with Crippen molar-refractivity contribution in [2.24, 2.45) is 4.99 Å². The van der Waals surface area contributed by atoms with E-state index in [0.717, 1.165) is 22.6 Å². The number of halogens is 1. The number of aliphatic imine (C=N–C) groups is 1. The predicted molar refractivity (Wildman–Crippen MR) is 75.4 cm³/mol. The van der Waals surface area contributed by atoms with Crippen molar-refractivity contribution in [2.45, 2.75) is 6.61 Å². The largest absolute Gasteiger partial charge is 0.497 e. The van der Waals surface area contributed by atoms with Crippen LogP contribution in [0.25, 0.3) is 0 Å². The molecule has 3 rings (SSSR count). The summed E-state index contributed by atoms with van der Waals surface area (Å²) < 4.78 is 10.8. The first-order valence-corrected chi connectivity index (χ1v) is 6.28. The van der Waals surface area contributed by atoms with Gasteiger partial charge in [-0.05, 0) is 42.5 Å². The van der Waals surface area contributed by atoms with Crippen molar-refractivity contribution in [2.75, 3.05) is 7.11 Å². The maximum Gasteiger partial charge on any atom is 0.221 e. The lowest BCUT2D eigenvalue weighted by atomic mass is 10.1. The second kappa shape index (κ2) is 4.94. The lowest BCUT2D eigenvalue weighted by molar-refractivity contribution is 0.288. The van der Waals surface area contributed by atoms with Gasteiger partial charge in [-0.1, -0.05) is 11.6 Å². The molecule has 3 nitrogen and oxygen atoms in total. The number of methoxy groups -OCH3 is 1. The molecule has 1 aliphatic heterocycles. The zero-order valence-electron chi connectivity index (χ0n) is 10.4. The molecule has 0 atom stereocenters. The van der Waals surface area contributed by atoms with E-state index in [2.05, 4.69) is 4.99 Å². The molecular weight excluding hydrogens is 262 g/mol. The molecule has 2 aromatic rings. The van der Waals surface area contributed by atoms with Crippen molar-refractivity contribution in [3.63, 3.8) is 0 Å². The van der Waals surface area contributed by atoms with Gasteiger partial charge in [-0.2, -0.15) is 0 Å². The number of rotatable bonds is 2. The number of hydrogen-bond donors (Lipinski definition) is 0. The molecule has 0 bridgehead atoms. The maximum absolute atomic E-state index is 5.95. The van der Waals surface area contributed by atoms with Gasteiger partial charge in [0.2, 0.25) is 5.90 Å². The van der Waals surface area contributed by atoms with Crippen LogP contribution in [0, 0.1) is 0 Å². The van der Waals surface area contributed by atoms with Gasteiger partial charge in [0, 0.05) is 16.1 Å². The summed E-state index contributed by atoms with van der Waals surface area (Å²) >= 11 is 5.95. The monoisotopic (exact) mass is 273 g/mol. The van der Waals surface area contributed by atoms with Crippen LogP contribution in [0.5, 0.6) is 5.75 Å². The van der Waals surface area contributed by atoms with E-state index in [1.165, 1.54) is 0 Å². The highest BCUT2D eigenvalue weighted by Gasteiger charge is 2.14. The quantitative estimate of drug-likeness (QED) is 0.829. The number of benzene rings is 2. The lowest BCUT2D eigenvalue weighted by Crippen LogP contribution is -2.10. The van der Waals surface area contributed by atoms with Crippen LogP contribution in [0.1, 0.15) is 11.1 Å². The van der Waals surface area contributed by atoms with Crippen LogP contribution in [0.4, 0.5) is 5.69 Å². The van der Waals surface area contributed by atoms with E-state index in [0.29, 0.717) is 17.5 Å². The minimum atomic E-state index is 0.487. The molecule has 2 aromatic carbocycles. The molecule has 96 valence electrons. The molecular formula is C15H12ClNO2. The molecule has 19 heavy (non-hydrogen) atoms. The van der Waals surface area contributed by atoms with Crippen LogP contribution in [0.3, 0.4) is 0 Å². The molecule has 0 fully saturated rings. The van der Waals surface area contributed by atoms with E-state index in [4.69, 9.17) is 21.1 Å². The Labute approximate surface area is 116 Å². The second-order valence-corrected chi connectivity index (χ2v) is 4.64. The van der Waals surface area contributed by atoms with Crippen LogP contribution in [-0.4, -0.2) is 13.0 Å². The topological polar surface area (TPSA) is 30.8 Å². The van der Waals surface area contributed by atoms with E-state index in [9.17, 15) is 0 Å². The molecule has 1 aliphatic rings. The van der Waals surface area contributed by atoms with Crippen molar-refractivity contribution in [3.05, 3.63) is 58.6 Å². The van der Waals surface area contributed by atoms with Gasteiger partial charge in [0.1, 0.15) is 12.4 Å². The zero-order chi connectivity index (χ0) is 13.2. The normalized spacial score (nSPS) is 13.3. The SMILES string of the molecule is COc1ccc(C2=Nc3ccc(Cl)cc3CO2)cc1. The van der Waals surface area contributed by atoms with Crippen LogP contribution in [0.2, 0.25) is 5.02 Å². The van der Waals surface area contributed by atoms with E-state index < -0.39 is 0 Å². The van der Waals surface area contributed by atoms with Crippen LogP contribution in [0.15, 0.2) is 47.5 Å². The molecule has 0 saturated carbocycles. The predicted octanol–water partition coefficient (Wildman–Crippen LogP) is 3.96.